The number of hydrogen-bond acceptors (Lipinski definition) is 4. The molecule has 2 aromatic carbocycles. The Labute approximate surface area is 181 Å². The van der Waals surface area contributed by atoms with Crippen LogP contribution in [0.15, 0.2) is 42.5 Å². The van der Waals surface area contributed by atoms with Gasteiger partial charge in [0.25, 0.3) is 5.91 Å². The molecule has 4 rings (SSSR count). The van der Waals surface area contributed by atoms with Crippen LogP contribution in [0.3, 0.4) is 0 Å². The third kappa shape index (κ3) is 5.05. The van der Waals surface area contributed by atoms with E-state index in [0.717, 1.165) is 31.6 Å². The zero-order valence-electron chi connectivity index (χ0n) is 17.5. The second kappa shape index (κ2) is 9.47. The molecule has 31 heavy (non-hydrogen) atoms. The van der Waals surface area contributed by atoms with Crippen LogP contribution in [0, 0.1) is 5.82 Å². The van der Waals surface area contributed by atoms with Crippen molar-refractivity contribution >= 4 is 23.3 Å². The van der Waals surface area contributed by atoms with Crippen LogP contribution >= 0.6 is 0 Å². The lowest BCUT2D eigenvalue weighted by molar-refractivity contribution is 0.0696. The molecule has 2 heterocycles. The highest BCUT2D eigenvalue weighted by Gasteiger charge is 2.27. The highest BCUT2D eigenvalue weighted by atomic mass is 19.1. The predicted molar refractivity (Wildman–Crippen MR) is 118 cm³/mol. The molecule has 1 amide bonds. The average molecular weight is 426 g/mol. The maximum Gasteiger partial charge on any atom is 0.335 e. The number of rotatable bonds is 5. The standard InChI is InChI=1S/C24H28FN3O3/c25-19-7-4-17(5-8-19)23(29)26-21-16-18(24(30)31)6-9-22(21)28-14-10-20(11-15-28)27-12-2-1-3-13-27/h4-9,16,20H,1-3,10-15H2,(H,26,29)(H,30,31). The summed E-state index contributed by atoms with van der Waals surface area (Å²) in [5.74, 6) is -1.86. The lowest BCUT2D eigenvalue weighted by atomic mass is 9.99. The Kier molecular flexibility index (Phi) is 6.51. The largest absolute Gasteiger partial charge is 0.478 e. The van der Waals surface area contributed by atoms with Crippen LogP contribution < -0.4 is 10.2 Å². The van der Waals surface area contributed by atoms with Crippen LogP contribution in [0.1, 0.15) is 52.8 Å². The molecule has 7 heteroatoms. The van der Waals surface area contributed by atoms with Gasteiger partial charge in [0.15, 0.2) is 0 Å². The van der Waals surface area contributed by atoms with Gasteiger partial charge >= 0.3 is 5.97 Å². The molecule has 2 aliphatic rings. The van der Waals surface area contributed by atoms with Crippen molar-refractivity contribution in [1.29, 1.82) is 0 Å². The van der Waals surface area contributed by atoms with E-state index in [-0.39, 0.29) is 5.56 Å². The van der Waals surface area contributed by atoms with Crippen molar-refractivity contribution in [3.63, 3.8) is 0 Å². The second-order valence-electron chi connectivity index (χ2n) is 8.31. The molecule has 2 aromatic rings. The van der Waals surface area contributed by atoms with E-state index in [1.54, 1.807) is 12.1 Å². The minimum Gasteiger partial charge on any atom is -0.478 e. The zero-order chi connectivity index (χ0) is 21.8. The van der Waals surface area contributed by atoms with E-state index in [2.05, 4.69) is 15.1 Å². The highest BCUT2D eigenvalue weighted by molar-refractivity contribution is 6.06. The minimum absolute atomic E-state index is 0.112. The van der Waals surface area contributed by atoms with E-state index in [1.165, 1.54) is 62.7 Å². The Morgan fingerprint density at radius 3 is 2.19 bits per heavy atom. The molecule has 2 saturated heterocycles. The Morgan fingerprint density at radius 1 is 0.903 bits per heavy atom. The topological polar surface area (TPSA) is 72.9 Å². The number of halogens is 1. The number of nitrogens with one attached hydrogen (secondary N) is 1. The number of anilines is 2. The number of piperidine rings is 2. The third-order valence-corrected chi connectivity index (χ3v) is 6.31. The number of carboxylic acids is 1. The van der Waals surface area contributed by atoms with Gasteiger partial charge in [0.1, 0.15) is 5.82 Å². The smallest absolute Gasteiger partial charge is 0.335 e. The summed E-state index contributed by atoms with van der Waals surface area (Å²) in [4.78, 5) is 29.0. The predicted octanol–water partition coefficient (Wildman–Crippen LogP) is 4.23. The first-order valence-corrected chi connectivity index (χ1v) is 10.9. The molecule has 0 aliphatic carbocycles. The quantitative estimate of drug-likeness (QED) is 0.750. The van der Waals surface area contributed by atoms with Crippen molar-refractivity contribution in [1.82, 2.24) is 4.90 Å². The summed E-state index contributed by atoms with van der Waals surface area (Å²) in [6, 6.07) is 10.7. The molecule has 0 aromatic heterocycles. The minimum atomic E-state index is -1.05. The van der Waals surface area contributed by atoms with E-state index in [1.807, 2.05) is 0 Å². The van der Waals surface area contributed by atoms with Crippen molar-refractivity contribution in [2.45, 2.75) is 38.1 Å². The maximum atomic E-state index is 13.2. The molecule has 0 unspecified atom stereocenters. The molecule has 2 aliphatic heterocycles. The Bertz CT molecular complexity index is 934. The first-order chi connectivity index (χ1) is 15.0. The van der Waals surface area contributed by atoms with Crippen LogP contribution in [0.2, 0.25) is 0 Å². The lowest BCUT2D eigenvalue weighted by Gasteiger charge is -2.41. The number of benzene rings is 2. The van der Waals surface area contributed by atoms with Crippen LogP contribution in [0.25, 0.3) is 0 Å². The van der Waals surface area contributed by atoms with E-state index >= 15 is 0 Å². The maximum absolute atomic E-state index is 13.2. The lowest BCUT2D eigenvalue weighted by Crippen LogP contribution is -2.46. The normalized spacial score (nSPS) is 18.0. The molecular formula is C24H28FN3O3. The number of amides is 1. The zero-order valence-corrected chi connectivity index (χ0v) is 17.5. The number of aromatic carboxylic acids is 1. The van der Waals surface area contributed by atoms with Crippen molar-refractivity contribution in [2.75, 3.05) is 36.4 Å². The van der Waals surface area contributed by atoms with Crippen LogP contribution in [-0.2, 0) is 0 Å². The summed E-state index contributed by atoms with van der Waals surface area (Å²) in [6.45, 7) is 4.06. The average Bonchev–Trinajstić information content (AvgIpc) is 2.80. The van der Waals surface area contributed by atoms with Gasteiger partial charge in [0, 0.05) is 24.7 Å². The van der Waals surface area contributed by atoms with Crippen LogP contribution in [0.4, 0.5) is 15.8 Å². The molecule has 0 radical (unpaired) electrons. The van der Waals surface area contributed by atoms with Gasteiger partial charge in [0.05, 0.1) is 16.9 Å². The fraction of sp³-hybridized carbons (Fsp3) is 0.417. The molecule has 0 bridgehead atoms. The molecule has 6 nitrogen and oxygen atoms in total. The number of carbonyl (C=O) groups is 2. The van der Waals surface area contributed by atoms with Crippen LogP contribution in [-0.4, -0.2) is 54.1 Å². The van der Waals surface area contributed by atoms with Crippen molar-refractivity contribution in [2.24, 2.45) is 0 Å². The van der Waals surface area contributed by atoms with Crippen molar-refractivity contribution in [3.05, 3.63) is 59.4 Å². The summed E-state index contributed by atoms with van der Waals surface area (Å²) in [5.41, 5.74) is 1.71. The van der Waals surface area contributed by atoms with Crippen molar-refractivity contribution < 1.29 is 19.1 Å². The summed E-state index contributed by atoms with van der Waals surface area (Å²) < 4.78 is 13.2. The first kappa shape index (κ1) is 21.3. The molecule has 0 spiro atoms. The van der Waals surface area contributed by atoms with E-state index in [9.17, 15) is 19.1 Å². The summed E-state index contributed by atoms with van der Waals surface area (Å²) in [5, 5.41) is 12.2. The van der Waals surface area contributed by atoms with Gasteiger partial charge in [-0.15, -0.1) is 0 Å². The van der Waals surface area contributed by atoms with Gasteiger partial charge in [-0.1, -0.05) is 6.42 Å². The van der Waals surface area contributed by atoms with Gasteiger partial charge in [-0.3, -0.25) is 4.79 Å². The van der Waals surface area contributed by atoms with E-state index in [4.69, 9.17) is 0 Å². The molecule has 0 saturated carbocycles. The number of carbonyl (C=O) groups excluding carboxylic acids is 1. The number of hydrogen-bond donors (Lipinski definition) is 2. The third-order valence-electron chi connectivity index (χ3n) is 6.31. The Hall–Kier alpha value is -2.93. The van der Waals surface area contributed by atoms with E-state index < -0.39 is 17.7 Å². The van der Waals surface area contributed by atoms with Crippen LogP contribution in [0.5, 0.6) is 0 Å². The second-order valence-corrected chi connectivity index (χ2v) is 8.31. The fourth-order valence-corrected chi connectivity index (χ4v) is 4.60. The van der Waals surface area contributed by atoms with Gasteiger partial charge in [-0.05, 0) is 81.2 Å². The van der Waals surface area contributed by atoms with Gasteiger partial charge < -0.3 is 20.2 Å². The van der Waals surface area contributed by atoms with Gasteiger partial charge in [-0.25, -0.2) is 9.18 Å². The number of carboxylic acid groups (broad SMARTS) is 1. The highest BCUT2D eigenvalue weighted by Crippen LogP contribution is 2.31. The SMILES string of the molecule is O=C(O)c1ccc(N2CCC(N3CCCCC3)CC2)c(NC(=O)c2ccc(F)cc2)c1. The van der Waals surface area contributed by atoms with E-state index in [0.29, 0.717) is 17.3 Å². The first-order valence-electron chi connectivity index (χ1n) is 10.9. The Balaban J connectivity index is 1.51. The monoisotopic (exact) mass is 425 g/mol. The molecule has 2 fully saturated rings. The molecule has 0 atom stereocenters. The van der Waals surface area contributed by atoms with Gasteiger partial charge in [-0.2, -0.15) is 0 Å². The van der Waals surface area contributed by atoms with Crippen molar-refractivity contribution in [3.8, 4) is 0 Å². The number of likely N-dealkylation sites (tertiary alicyclic amines) is 1. The summed E-state index contributed by atoms with van der Waals surface area (Å²) >= 11 is 0. The number of nitrogens with zero attached hydrogens (tertiary/aromatic N) is 2. The fourth-order valence-electron chi connectivity index (χ4n) is 4.60. The molecule has 2 N–H and O–H groups in total. The molecular weight excluding hydrogens is 397 g/mol. The summed E-state index contributed by atoms with van der Waals surface area (Å²) in [6.07, 6.45) is 5.97. The summed E-state index contributed by atoms with van der Waals surface area (Å²) in [7, 11) is 0. The molecule has 164 valence electrons. The van der Waals surface area contributed by atoms with Gasteiger partial charge in [0.2, 0.25) is 0 Å². The Morgan fingerprint density at radius 2 is 1.55 bits per heavy atom.